The Kier molecular flexibility index (Phi) is 7.79. The van der Waals surface area contributed by atoms with Crippen LogP contribution < -0.4 is 10.6 Å². The first-order valence-electron chi connectivity index (χ1n) is 11.7. The van der Waals surface area contributed by atoms with Crippen LogP contribution in [0.15, 0.2) is 79.0 Å². The highest BCUT2D eigenvalue weighted by molar-refractivity contribution is 5.95. The largest absolute Gasteiger partial charge is 0.508 e. The molecule has 4 N–H and O–H groups in total. The standard InChI is InChI=1S/C29H31N3O2/c1-21-9-11-22(12-10-21)6-4-5-16-31-29(34)26-8-3-2-7-23(26)19-30-17-15-24-20-32-28-14-13-25(33)18-27(24)28/h2-4,6-14,18,20,30,32-33H,5,15-17,19H2,1H3,(H,31,34). The van der Waals surface area contributed by atoms with Gasteiger partial charge in [-0.05, 0) is 67.3 Å². The van der Waals surface area contributed by atoms with Gasteiger partial charge in [-0.1, -0.05) is 60.2 Å². The number of rotatable bonds is 10. The van der Waals surface area contributed by atoms with E-state index in [0.717, 1.165) is 47.0 Å². The van der Waals surface area contributed by atoms with Crippen molar-refractivity contribution in [3.63, 3.8) is 0 Å². The summed E-state index contributed by atoms with van der Waals surface area (Å²) in [6, 6.07) is 21.4. The summed E-state index contributed by atoms with van der Waals surface area (Å²) in [5.41, 5.74) is 6.27. The van der Waals surface area contributed by atoms with E-state index in [0.29, 0.717) is 18.7 Å². The molecule has 4 aromatic rings. The number of amides is 1. The molecule has 0 aliphatic carbocycles. The Morgan fingerprint density at radius 1 is 1.00 bits per heavy atom. The van der Waals surface area contributed by atoms with Crippen molar-refractivity contribution in [3.8, 4) is 5.75 Å². The molecule has 1 heterocycles. The van der Waals surface area contributed by atoms with E-state index in [9.17, 15) is 9.90 Å². The molecule has 0 unspecified atom stereocenters. The zero-order valence-corrected chi connectivity index (χ0v) is 19.5. The first-order chi connectivity index (χ1) is 16.6. The minimum absolute atomic E-state index is 0.0479. The quantitative estimate of drug-likeness (QED) is 0.245. The minimum atomic E-state index is -0.0479. The van der Waals surface area contributed by atoms with Gasteiger partial charge in [0.25, 0.3) is 5.91 Å². The SMILES string of the molecule is Cc1ccc(C=CCCNC(=O)c2ccccc2CNCCc2c[nH]c3ccc(O)cc23)cc1. The number of aromatic amines is 1. The molecular formula is C29H31N3O2. The van der Waals surface area contributed by atoms with Gasteiger partial charge >= 0.3 is 0 Å². The predicted molar refractivity (Wildman–Crippen MR) is 139 cm³/mol. The highest BCUT2D eigenvalue weighted by atomic mass is 16.3. The third-order valence-electron chi connectivity index (χ3n) is 5.88. The molecule has 4 rings (SSSR count). The van der Waals surface area contributed by atoms with Crippen LogP contribution in [0.25, 0.3) is 17.0 Å². The molecule has 5 nitrogen and oxygen atoms in total. The lowest BCUT2D eigenvalue weighted by atomic mass is 10.1. The first-order valence-corrected chi connectivity index (χ1v) is 11.7. The number of aromatic nitrogens is 1. The monoisotopic (exact) mass is 453 g/mol. The molecule has 3 aromatic carbocycles. The van der Waals surface area contributed by atoms with Crippen LogP contribution in [0.2, 0.25) is 0 Å². The Morgan fingerprint density at radius 2 is 1.82 bits per heavy atom. The smallest absolute Gasteiger partial charge is 0.251 e. The van der Waals surface area contributed by atoms with Gasteiger partial charge in [0.1, 0.15) is 5.75 Å². The van der Waals surface area contributed by atoms with E-state index in [1.54, 1.807) is 12.1 Å². The Balaban J connectivity index is 1.25. The fraction of sp³-hybridized carbons (Fsp3) is 0.207. The zero-order chi connectivity index (χ0) is 23.8. The van der Waals surface area contributed by atoms with E-state index in [-0.39, 0.29) is 11.7 Å². The maximum absolute atomic E-state index is 12.7. The molecule has 5 heteroatoms. The van der Waals surface area contributed by atoms with Crippen molar-refractivity contribution in [3.05, 3.63) is 107 Å². The molecule has 1 aromatic heterocycles. The van der Waals surface area contributed by atoms with Crippen LogP contribution in [-0.4, -0.2) is 29.1 Å². The fourth-order valence-corrected chi connectivity index (χ4v) is 3.98. The Labute approximate surface area is 200 Å². The zero-order valence-electron chi connectivity index (χ0n) is 19.5. The summed E-state index contributed by atoms with van der Waals surface area (Å²) in [6.45, 7) is 4.05. The number of phenols is 1. The number of hydrogen-bond donors (Lipinski definition) is 4. The summed E-state index contributed by atoms with van der Waals surface area (Å²) in [5, 5.41) is 17.3. The summed E-state index contributed by atoms with van der Waals surface area (Å²) >= 11 is 0. The minimum Gasteiger partial charge on any atom is -0.508 e. The maximum atomic E-state index is 12.7. The molecule has 174 valence electrons. The van der Waals surface area contributed by atoms with Crippen LogP contribution in [0.5, 0.6) is 5.75 Å². The van der Waals surface area contributed by atoms with Crippen LogP contribution in [-0.2, 0) is 13.0 Å². The summed E-state index contributed by atoms with van der Waals surface area (Å²) in [5.74, 6) is 0.222. The molecular weight excluding hydrogens is 422 g/mol. The molecule has 0 spiro atoms. The summed E-state index contributed by atoms with van der Waals surface area (Å²) in [7, 11) is 0. The number of H-pyrrole nitrogens is 1. The first kappa shape index (κ1) is 23.3. The van der Waals surface area contributed by atoms with Gasteiger partial charge < -0.3 is 20.7 Å². The van der Waals surface area contributed by atoms with Gasteiger partial charge in [-0.15, -0.1) is 0 Å². The summed E-state index contributed by atoms with van der Waals surface area (Å²) < 4.78 is 0. The number of aromatic hydroxyl groups is 1. The molecule has 0 bridgehead atoms. The van der Waals surface area contributed by atoms with Crippen LogP contribution in [0.4, 0.5) is 0 Å². The molecule has 0 aliphatic rings. The number of hydrogen-bond acceptors (Lipinski definition) is 3. The van der Waals surface area contributed by atoms with E-state index < -0.39 is 0 Å². The van der Waals surface area contributed by atoms with Crippen molar-refractivity contribution in [2.45, 2.75) is 26.3 Å². The lowest BCUT2D eigenvalue weighted by molar-refractivity contribution is 0.0953. The molecule has 0 radical (unpaired) electrons. The number of fused-ring (bicyclic) bond motifs is 1. The van der Waals surface area contributed by atoms with Crippen molar-refractivity contribution in [1.82, 2.24) is 15.6 Å². The van der Waals surface area contributed by atoms with Crippen LogP contribution in [0, 0.1) is 6.92 Å². The highest BCUT2D eigenvalue weighted by Crippen LogP contribution is 2.23. The molecule has 0 atom stereocenters. The summed E-state index contributed by atoms with van der Waals surface area (Å²) in [6.07, 6.45) is 7.76. The van der Waals surface area contributed by atoms with E-state index in [2.05, 4.69) is 59.0 Å². The van der Waals surface area contributed by atoms with E-state index in [1.165, 1.54) is 5.56 Å². The Hall–Kier alpha value is -3.83. The molecule has 0 aliphatic heterocycles. The van der Waals surface area contributed by atoms with Crippen molar-refractivity contribution in [2.24, 2.45) is 0 Å². The second-order valence-corrected chi connectivity index (χ2v) is 8.49. The van der Waals surface area contributed by atoms with Crippen LogP contribution >= 0.6 is 0 Å². The number of benzene rings is 3. The molecule has 0 fully saturated rings. The third kappa shape index (κ3) is 6.15. The maximum Gasteiger partial charge on any atom is 0.251 e. The average molecular weight is 454 g/mol. The average Bonchev–Trinajstić information content (AvgIpc) is 3.25. The van der Waals surface area contributed by atoms with Gasteiger partial charge in [0.15, 0.2) is 0 Å². The van der Waals surface area contributed by atoms with E-state index in [4.69, 9.17) is 0 Å². The number of nitrogens with one attached hydrogen (secondary N) is 3. The molecule has 34 heavy (non-hydrogen) atoms. The predicted octanol–water partition coefficient (Wildman–Crippen LogP) is 5.35. The lowest BCUT2D eigenvalue weighted by Crippen LogP contribution is -2.26. The van der Waals surface area contributed by atoms with Crippen LogP contribution in [0.3, 0.4) is 0 Å². The lowest BCUT2D eigenvalue weighted by Gasteiger charge is -2.11. The number of carbonyl (C=O) groups is 1. The van der Waals surface area contributed by atoms with Gasteiger partial charge in [-0.2, -0.15) is 0 Å². The normalized spacial score (nSPS) is 11.3. The Morgan fingerprint density at radius 3 is 2.68 bits per heavy atom. The van der Waals surface area contributed by atoms with Gasteiger partial charge in [-0.25, -0.2) is 0 Å². The fourth-order valence-electron chi connectivity index (χ4n) is 3.98. The van der Waals surface area contributed by atoms with Gasteiger partial charge in [0.05, 0.1) is 0 Å². The number of carbonyl (C=O) groups excluding carboxylic acids is 1. The number of phenolic OH excluding ortho intramolecular Hbond substituents is 1. The van der Waals surface area contributed by atoms with Gasteiger partial charge in [0, 0.05) is 35.8 Å². The van der Waals surface area contributed by atoms with Crippen molar-refractivity contribution in [2.75, 3.05) is 13.1 Å². The molecule has 1 amide bonds. The van der Waals surface area contributed by atoms with E-state index >= 15 is 0 Å². The Bertz CT molecular complexity index is 1270. The van der Waals surface area contributed by atoms with Crippen LogP contribution in [0.1, 0.15) is 39.0 Å². The van der Waals surface area contributed by atoms with Gasteiger partial charge in [-0.3, -0.25) is 4.79 Å². The molecule has 0 saturated heterocycles. The second kappa shape index (κ2) is 11.3. The number of aryl methyl sites for hydroxylation is 1. The van der Waals surface area contributed by atoms with Crippen molar-refractivity contribution >= 4 is 22.9 Å². The summed E-state index contributed by atoms with van der Waals surface area (Å²) in [4.78, 5) is 16.0. The second-order valence-electron chi connectivity index (χ2n) is 8.49. The third-order valence-corrected chi connectivity index (χ3v) is 5.88. The van der Waals surface area contributed by atoms with Gasteiger partial charge in [0.2, 0.25) is 0 Å². The van der Waals surface area contributed by atoms with E-state index in [1.807, 2.05) is 36.5 Å². The van der Waals surface area contributed by atoms with Crippen molar-refractivity contribution < 1.29 is 9.90 Å². The molecule has 0 saturated carbocycles. The topological polar surface area (TPSA) is 77.2 Å². The van der Waals surface area contributed by atoms with Crippen molar-refractivity contribution in [1.29, 1.82) is 0 Å². The highest BCUT2D eigenvalue weighted by Gasteiger charge is 2.10.